The van der Waals surface area contributed by atoms with E-state index >= 15 is 0 Å². The van der Waals surface area contributed by atoms with Crippen molar-refractivity contribution in [3.8, 4) is 0 Å². The summed E-state index contributed by atoms with van der Waals surface area (Å²) in [6.07, 6.45) is 4.16. The van der Waals surface area contributed by atoms with Crippen LogP contribution in [-0.4, -0.2) is 23.2 Å². The molecule has 2 aliphatic rings. The fourth-order valence-electron chi connectivity index (χ4n) is 2.28. The van der Waals surface area contributed by atoms with Crippen LogP contribution in [0.15, 0.2) is 0 Å². The average molecular weight is 155 g/mol. The van der Waals surface area contributed by atoms with Crippen LogP contribution >= 0.6 is 0 Å². The summed E-state index contributed by atoms with van der Waals surface area (Å²) in [6, 6.07) is 0. The standard InChI is InChI=1S/C8H13NO2/c10-7(11)8-4-3-6(8)2-1-5-9-8/h6,9H,1-5H2,(H,10,11). The number of nitrogens with one attached hydrogen (secondary N) is 1. The van der Waals surface area contributed by atoms with E-state index in [9.17, 15) is 4.79 Å². The molecule has 0 spiro atoms. The first-order chi connectivity index (χ1) is 5.26. The van der Waals surface area contributed by atoms with Crippen molar-refractivity contribution in [3.63, 3.8) is 0 Å². The largest absolute Gasteiger partial charge is 0.480 e. The van der Waals surface area contributed by atoms with E-state index in [2.05, 4.69) is 5.32 Å². The molecule has 0 aromatic heterocycles. The van der Waals surface area contributed by atoms with Gasteiger partial charge in [0.25, 0.3) is 0 Å². The fraction of sp³-hybridized carbons (Fsp3) is 0.875. The number of fused-ring (bicyclic) bond motifs is 1. The molecule has 0 amide bonds. The van der Waals surface area contributed by atoms with E-state index in [0.717, 1.165) is 32.2 Å². The first-order valence-corrected chi connectivity index (χ1v) is 4.24. The topological polar surface area (TPSA) is 49.3 Å². The van der Waals surface area contributed by atoms with Crippen molar-refractivity contribution in [2.45, 2.75) is 31.2 Å². The highest BCUT2D eigenvalue weighted by Gasteiger charge is 2.53. The fourth-order valence-corrected chi connectivity index (χ4v) is 2.28. The Kier molecular flexibility index (Phi) is 1.42. The molecule has 3 heteroatoms. The lowest BCUT2D eigenvalue weighted by Gasteiger charge is -2.49. The predicted octanol–water partition coefficient (Wildman–Crippen LogP) is 0.603. The van der Waals surface area contributed by atoms with E-state index < -0.39 is 11.5 Å². The number of carbonyl (C=O) groups is 1. The van der Waals surface area contributed by atoms with Crippen LogP contribution in [0.1, 0.15) is 25.7 Å². The number of hydrogen-bond acceptors (Lipinski definition) is 2. The molecule has 1 aliphatic heterocycles. The highest BCUT2D eigenvalue weighted by atomic mass is 16.4. The van der Waals surface area contributed by atoms with E-state index in [-0.39, 0.29) is 0 Å². The summed E-state index contributed by atoms with van der Waals surface area (Å²) in [7, 11) is 0. The van der Waals surface area contributed by atoms with E-state index in [1.54, 1.807) is 0 Å². The Morgan fingerprint density at radius 3 is 2.73 bits per heavy atom. The molecule has 11 heavy (non-hydrogen) atoms. The minimum atomic E-state index is -0.645. The Labute approximate surface area is 65.8 Å². The highest BCUT2D eigenvalue weighted by Crippen LogP contribution is 2.43. The van der Waals surface area contributed by atoms with E-state index in [1.807, 2.05) is 0 Å². The van der Waals surface area contributed by atoms with Gasteiger partial charge in [-0.25, -0.2) is 0 Å². The molecule has 0 aromatic carbocycles. The van der Waals surface area contributed by atoms with Crippen LogP contribution in [-0.2, 0) is 4.79 Å². The molecule has 1 saturated carbocycles. The molecule has 1 saturated heterocycles. The average Bonchev–Trinajstić information content (AvgIpc) is 1.91. The number of piperidine rings is 1. The summed E-state index contributed by atoms with van der Waals surface area (Å²) in [6.45, 7) is 0.878. The Bertz CT molecular complexity index is 193. The van der Waals surface area contributed by atoms with Crippen molar-refractivity contribution in [1.29, 1.82) is 0 Å². The van der Waals surface area contributed by atoms with Crippen LogP contribution in [0.2, 0.25) is 0 Å². The molecule has 2 atom stereocenters. The molecule has 62 valence electrons. The molecule has 3 nitrogen and oxygen atoms in total. The Balaban J connectivity index is 2.15. The lowest BCUT2D eigenvalue weighted by atomic mass is 9.63. The molecule has 0 aromatic rings. The van der Waals surface area contributed by atoms with Crippen molar-refractivity contribution < 1.29 is 9.90 Å². The lowest BCUT2D eigenvalue weighted by Crippen LogP contribution is -2.65. The van der Waals surface area contributed by atoms with Gasteiger partial charge >= 0.3 is 5.97 Å². The molecular weight excluding hydrogens is 142 g/mol. The Hall–Kier alpha value is -0.570. The maximum Gasteiger partial charge on any atom is 0.324 e. The maximum atomic E-state index is 10.9. The summed E-state index contributed by atoms with van der Waals surface area (Å²) in [5, 5.41) is 12.1. The van der Waals surface area contributed by atoms with Gasteiger partial charge in [0.2, 0.25) is 0 Å². The van der Waals surface area contributed by atoms with Crippen LogP contribution in [0.4, 0.5) is 0 Å². The molecule has 1 heterocycles. The molecule has 2 rings (SSSR count). The van der Waals surface area contributed by atoms with Crippen molar-refractivity contribution in [1.82, 2.24) is 5.32 Å². The van der Waals surface area contributed by atoms with Crippen LogP contribution in [0.5, 0.6) is 0 Å². The SMILES string of the molecule is O=C(O)C12CCC1CCCN2. The second-order valence-electron chi connectivity index (χ2n) is 3.58. The molecule has 2 unspecified atom stereocenters. The Morgan fingerprint density at radius 1 is 1.55 bits per heavy atom. The van der Waals surface area contributed by atoms with Gasteiger partial charge in [0.15, 0.2) is 0 Å². The first kappa shape index (κ1) is 7.10. The van der Waals surface area contributed by atoms with E-state index in [0.29, 0.717) is 5.92 Å². The second-order valence-corrected chi connectivity index (χ2v) is 3.58. The number of carboxylic acid groups (broad SMARTS) is 1. The van der Waals surface area contributed by atoms with Crippen LogP contribution in [0.25, 0.3) is 0 Å². The summed E-state index contributed by atoms with van der Waals surface area (Å²) >= 11 is 0. The summed E-state index contributed by atoms with van der Waals surface area (Å²) < 4.78 is 0. The van der Waals surface area contributed by atoms with Gasteiger partial charge in [-0.15, -0.1) is 0 Å². The van der Waals surface area contributed by atoms with Crippen molar-refractivity contribution in [2.75, 3.05) is 6.54 Å². The van der Waals surface area contributed by atoms with E-state index in [1.165, 1.54) is 0 Å². The Morgan fingerprint density at radius 2 is 2.36 bits per heavy atom. The maximum absolute atomic E-state index is 10.9. The normalized spacial score (nSPS) is 42.4. The zero-order valence-electron chi connectivity index (χ0n) is 6.47. The third-order valence-electron chi connectivity index (χ3n) is 3.14. The molecule has 1 aliphatic carbocycles. The second kappa shape index (κ2) is 2.21. The predicted molar refractivity (Wildman–Crippen MR) is 40.3 cm³/mol. The van der Waals surface area contributed by atoms with Gasteiger partial charge in [-0.1, -0.05) is 0 Å². The van der Waals surface area contributed by atoms with Gasteiger partial charge in [-0.05, 0) is 38.1 Å². The quantitative estimate of drug-likeness (QED) is 0.583. The van der Waals surface area contributed by atoms with Crippen LogP contribution in [0, 0.1) is 5.92 Å². The molecular formula is C8H13NO2. The van der Waals surface area contributed by atoms with Gasteiger partial charge in [0.1, 0.15) is 5.54 Å². The van der Waals surface area contributed by atoms with Gasteiger partial charge < -0.3 is 10.4 Å². The van der Waals surface area contributed by atoms with E-state index in [4.69, 9.17) is 5.11 Å². The van der Waals surface area contributed by atoms with Crippen LogP contribution in [0.3, 0.4) is 0 Å². The number of hydrogen-bond donors (Lipinski definition) is 2. The van der Waals surface area contributed by atoms with Gasteiger partial charge in [-0.2, -0.15) is 0 Å². The van der Waals surface area contributed by atoms with Crippen molar-refractivity contribution in [2.24, 2.45) is 5.92 Å². The summed E-state index contributed by atoms with van der Waals surface area (Å²) in [4.78, 5) is 10.9. The molecule has 2 fully saturated rings. The monoisotopic (exact) mass is 155 g/mol. The summed E-state index contributed by atoms with van der Waals surface area (Å²) in [5.41, 5.74) is -0.516. The van der Waals surface area contributed by atoms with Gasteiger partial charge in [0.05, 0.1) is 0 Å². The minimum absolute atomic E-state index is 0.411. The zero-order valence-corrected chi connectivity index (χ0v) is 6.47. The number of rotatable bonds is 1. The van der Waals surface area contributed by atoms with Crippen molar-refractivity contribution >= 4 is 5.97 Å². The first-order valence-electron chi connectivity index (χ1n) is 4.24. The highest BCUT2D eigenvalue weighted by molar-refractivity contribution is 5.80. The number of aliphatic carboxylic acids is 1. The number of carboxylic acids is 1. The smallest absolute Gasteiger partial charge is 0.324 e. The third kappa shape index (κ3) is 0.805. The van der Waals surface area contributed by atoms with Gasteiger partial charge in [0, 0.05) is 0 Å². The zero-order chi connectivity index (χ0) is 7.90. The van der Waals surface area contributed by atoms with Gasteiger partial charge in [-0.3, -0.25) is 4.79 Å². The van der Waals surface area contributed by atoms with Crippen LogP contribution < -0.4 is 5.32 Å². The molecule has 0 radical (unpaired) electrons. The van der Waals surface area contributed by atoms with Crippen molar-refractivity contribution in [3.05, 3.63) is 0 Å². The molecule has 2 N–H and O–H groups in total. The summed E-state index contributed by atoms with van der Waals surface area (Å²) in [5.74, 6) is -0.234. The lowest BCUT2D eigenvalue weighted by molar-refractivity contribution is -0.155. The third-order valence-corrected chi connectivity index (χ3v) is 3.14. The minimum Gasteiger partial charge on any atom is -0.480 e. The molecule has 0 bridgehead atoms.